The Morgan fingerprint density at radius 3 is 2.44 bits per heavy atom. The fraction of sp³-hybridized carbons (Fsp3) is 0.789. The molecule has 138 valence electrons. The molecule has 1 saturated carbocycles. The van der Waals surface area contributed by atoms with E-state index in [1.54, 1.807) is 0 Å². The lowest BCUT2D eigenvalue weighted by Crippen LogP contribution is -2.45. The molecule has 0 radical (unpaired) electrons. The van der Waals surface area contributed by atoms with E-state index in [0.29, 0.717) is 31.6 Å². The second-order valence-electron chi connectivity index (χ2n) is 7.76. The summed E-state index contributed by atoms with van der Waals surface area (Å²) in [6, 6.07) is 2.01. The smallest absolute Gasteiger partial charge is 0.229 e. The number of Topliss-reactive ketones (excluding diaryl/α,β-unsaturated/α-hetero) is 1. The number of ketones is 1. The van der Waals surface area contributed by atoms with Crippen LogP contribution in [0.2, 0.25) is 0 Å². The first-order valence-corrected chi connectivity index (χ1v) is 9.25. The molecule has 1 heterocycles. The second kappa shape index (κ2) is 8.57. The Labute approximate surface area is 149 Å². The molecule has 0 bridgehead atoms. The average molecular weight is 348 g/mol. The Bertz CT molecular complexity index is 550. The van der Waals surface area contributed by atoms with Crippen molar-refractivity contribution in [1.29, 1.82) is 5.26 Å². The number of nitrogens with zero attached hydrogens (tertiary/aromatic N) is 2. The van der Waals surface area contributed by atoms with Crippen LogP contribution in [0.3, 0.4) is 0 Å². The van der Waals surface area contributed by atoms with Crippen LogP contribution in [0.25, 0.3) is 0 Å². The van der Waals surface area contributed by atoms with E-state index < -0.39 is 6.10 Å². The van der Waals surface area contributed by atoms with Crippen molar-refractivity contribution in [2.24, 2.45) is 23.7 Å². The first-order valence-electron chi connectivity index (χ1n) is 9.25. The third-order valence-corrected chi connectivity index (χ3v) is 5.50. The van der Waals surface area contributed by atoms with Crippen LogP contribution in [0.1, 0.15) is 58.8 Å². The lowest BCUT2D eigenvalue weighted by atomic mass is 9.71. The summed E-state index contributed by atoms with van der Waals surface area (Å²) in [5.74, 6) is -0.574. The van der Waals surface area contributed by atoms with Crippen LogP contribution >= 0.6 is 0 Å². The Morgan fingerprint density at radius 2 is 1.84 bits per heavy atom. The molecule has 1 aliphatic heterocycles. The first-order chi connectivity index (χ1) is 11.8. The second-order valence-corrected chi connectivity index (χ2v) is 7.76. The summed E-state index contributed by atoms with van der Waals surface area (Å²) in [4.78, 5) is 38.0. The minimum absolute atomic E-state index is 0.0337. The predicted octanol–water partition coefficient (Wildman–Crippen LogP) is 2.06. The number of likely N-dealkylation sites (tertiary alicyclic amines) is 1. The van der Waals surface area contributed by atoms with Crippen LogP contribution in [0, 0.1) is 35.0 Å². The normalized spacial score (nSPS) is 29.6. The molecule has 2 rings (SSSR count). The number of unbranched alkanes of at least 4 members (excludes halogenated alkanes) is 1. The Morgan fingerprint density at radius 1 is 1.20 bits per heavy atom. The molecule has 0 aromatic carbocycles. The van der Waals surface area contributed by atoms with Gasteiger partial charge in [0.05, 0.1) is 12.2 Å². The minimum atomic E-state index is -0.784. The summed E-state index contributed by atoms with van der Waals surface area (Å²) in [6.07, 6.45) is 2.34. The number of imide groups is 1. The van der Waals surface area contributed by atoms with Crippen LogP contribution < -0.4 is 0 Å². The van der Waals surface area contributed by atoms with Gasteiger partial charge >= 0.3 is 0 Å². The third kappa shape index (κ3) is 4.88. The van der Waals surface area contributed by atoms with E-state index in [1.807, 2.05) is 13.0 Å². The fourth-order valence-corrected chi connectivity index (χ4v) is 4.24. The summed E-state index contributed by atoms with van der Waals surface area (Å²) in [5, 5.41) is 19.1. The van der Waals surface area contributed by atoms with Crippen molar-refractivity contribution in [2.45, 2.75) is 64.9 Å². The maximum Gasteiger partial charge on any atom is 0.229 e. The molecule has 1 saturated heterocycles. The van der Waals surface area contributed by atoms with Crippen molar-refractivity contribution in [1.82, 2.24) is 4.90 Å². The van der Waals surface area contributed by atoms with Crippen molar-refractivity contribution in [3.8, 4) is 6.07 Å². The Kier molecular flexibility index (Phi) is 6.71. The zero-order valence-electron chi connectivity index (χ0n) is 15.1. The van der Waals surface area contributed by atoms with Crippen molar-refractivity contribution >= 4 is 17.6 Å². The standard InChI is InChI=1S/C19H28N2O4/c1-12-7-13(2)19(25)15(8-12)16(22)9-14-10-17(23)21(18(24)11-14)6-4-3-5-20/h12-16,22H,3-4,6-11H2,1-2H3/t12-,13?,15?,16+/m0/s1. The van der Waals surface area contributed by atoms with Gasteiger partial charge in [-0.25, -0.2) is 0 Å². The van der Waals surface area contributed by atoms with Gasteiger partial charge in [0.2, 0.25) is 11.8 Å². The van der Waals surface area contributed by atoms with Gasteiger partial charge in [0.1, 0.15) is 5.78 Å². The van der Waals surface area contributed by atoms with Crippen molar-refractivity contribution < 1.29 is 19.5 Å². The molecule has 2 aliphatic rings. The molecule has 25 heavy (non-hydrogen) atoms. The van der Waals surface area contributed by atoms with E-state index in [4.69, 9.17) is 5.26 Å². The van der Waals surface area contributed by atoms with E-state index >= 15 is 0 Å². The average Bonchev–Trinajstić information content (AvgIpc) is 2.53. The molecule has 1 N–H and O–H groups in total. The van der Waals surface area contributed by atoms with Crippen LogP contribution in [0.5, 0.6) is 0 Å². The van der Waals surface area contributed by atoms with Gasteiger partial charge in [0.15, 0.2) is 0 Å². The summed E-state index contributed by atoms with van der Waals surface area (Å²) < 4.78 is 0. The van der Waals surface area contributed by atoms with Gasteiger partial charge in [0, 0.05) is 37.6 Å². The van der Waals surface area contributed by atoms with E-state index in [0.717, 1.165) is 6.42 Å². The van der Waals surface area contributed by atoms with E-state index in [2.05, 4.69) is 6.92 Å². The van der Waals surface area contributed by atoms with Crippen molar-refractivity contribution in [3.63, 3.8) is 0 Å². The lowest BCUT2D eigenvalue weighted by Gasteiger charge is -2.36. The highest BCUT2D eigenvalue weighted by molar-refractivity contribution is 5.97. The van der Waals surface area contributed by atoms with Crippen molar-refractivity contribution in [2.75, 3.05) is 6.54 Å². The molecule has 1 aliphatic carbocycles. The van der Waals surface area contributed by atoms with Gasteiger partial charge in [-0.2, -0.15) is 5.26 Å². The van der Waals surface area contributed by atoms with Crippen molar-refractivity contribution in [3.05, 3.63) is 0 Å². The summed E-state index contributed by atoms with van der Waals surface area (Å²) in [6.45, 7) is 4.29. The molecule has 0 aromatic heterocycles. The molecule has 2 fully saturated rings. The Balaban J connectivity index is 1.91. The third-order valence-electron chi connectivity index (χ3n) is 5.50. The van der Waals surface area contributed by atoms with E-state index in [9.17, 15) is 19.5 Å². The number of hydrogen-bond donors (Lipinski definition) is 1. The van der Waals surface area contributed by atoms with Gasteiger partial charge in [0.25, 0.3) is 0 Å². The fourth-order valence-electron chi connectivity index (χ4n) is 4.24. The number of carbonyl (C=O) groups excluding carboxylic acids is 3. The maximum absolute atomic E-state index is 12.4. The largest absolute Gasteiger partial charge is 0.392 e. The quantitative estimate of drug-likeness (QED) is 0.585. The zero-order valence-corrected chi connectivity index (χ0v) is 15.1. The van der Waals surface area contributed by atoms with E-state index in [1.165, 1.54) is 4.90 Å². The van der Waals surface area contributed by atoms with Crippen LogP contribution in [-0.4, -0.2) is 40.3 Å². The molecule has 6 nitrogen and oxygen atoms in total. The molecule has 2 unspecified atom stereocenters. The predicted molar refractivity (Wildman–Crippen MR) is 91.0 cm³/mol. The van der Waals surface area contributed by atoms with Gasteiger partial charge < -0.3 is 5.11 Å². The summed E-state index contributed by atoms with van der Waals surface area (Å²) in [5.41, 5.74) is 0. The number of nitriles is 1. The number of hydrogen-bond acceptors (Lipinski definition) is 5. The van der Waals surface area contributed by atoms with Gasteiger partial charge in [-0.15, -0.1) is 0 Å². The zero-order chi connectivity index (χ0) is 18.6. The van der Waals surface area contributed by atoms with Gasteiger partial charge in [-0.1, -0.05) is 13.8 Å². The molecule has 2 amide bonds. The number of rotatable bonds is 6. The van der Waals surface area contributed by atoms with E-state index in [-0.39, 0.29) is 54.7 Å². The number of aliphatic hydroxyl groups excluding tert-OH is 1. The summed E-state index contributed by atoms with van der Waals surface area (Å²) in [7, 11) is 0. The number of carbonyl (C=O) groups is 3. The highest BCUT2D eigenvalue weighted by Crippen LogP contribution is 2.35. The van der Waals surface area contributed by atoms with Crippen LogP contribution in [-0.2, 0) is 14.4 Å². The SMILES string of the molecule is CC1C[C@H](C)CC([C@H](O)CC2CC(=O)N(CCCC#N)C(=O)C2)C1=O. The topological polar surface area (TPSA) is 98.5 Å². The molecular formula is C19H28N2O4. The monoisotopic (exact) mass is 348 g/mol. The molecule has 6 heteroatoms. The maximum atomic E-state index is 12.4. The lowest BCUT2D eigenvalue weighted by molar-refractivity contribution is -0.150. The number of amides is 2. The first kappa shape index (κ1) is 19.6. The molecule has 0 spiro atoms. The molecule has 0 aromatic rings. The van der Waals surface area contributed by atoms with Crippen LogP contribution in [0.4, 0.5) is 0 Å². The highest BCUT2D eigenvalue weighted by Gasteiger charge is 2.39. The Hall–Kier alpha value is -1.74. The van der Waals surface area contributed by atoms with Gasteiger partial charge in [-0.05, 0) is 37.5 Å². The molecular weight excluding hydrogens is 320 g/mol. The number of aliphatic hydroxyl groups is 1. The minimum Gasteiger partial charge on any atom is -0.392 e. The highest BCUT2D eigenvalue weighted by atomic mass is 16.3. The summed E-state index contributed by atoms with van der Waals surface area (Å²) >= 11 is 0. The number of piperidine rings is 1. The molecule has 4 atom stereocenters. The van der Waals surface area contributed by atoms with Gasteiger partial charge in [-0.3, -0.25) is 19.3 Å². The van der Waals surface area contributed by atoms with Crippen LogP contribution in [0.15, 0.2) is 0 Å².